The molecule has 0 aliphatic heterocycles. The van der Waals surface area contributed by atoms with Gasteiger partial charge in [0.15, 0.2) is 0 Å². The number of amides is 1. The van der Waals surface area contributed by atoms with E-state index in [9.17, 15) is 4.79 Å². The molecule has 4 rings (SSSR count). The van der Waals surface area contributed by atoms with Crippen LogP contribution in [-0.4, -0.2) is 21.7 Å². The highest BCUT2D eigenvalue weighted by atomic mass is 16.2. The smallest absolute Gasteiger partial charge is 0.269 e. The number of hydrogen-bond acceptors (Lipinski definition) is 2. The van der Waals surface area contributed by atoms with Crippen molar-refractivity contribution in [1.82, 2.24) is 15.1 Å². The van der Waals surface area contributed by atoms with Gasteiger partial charge < -0.3 is 5.32 Å². The predicted molar refractivity (Wildman–Crippen MR) is 98.6 cm³/mol. The van der Waals surface area contributed by atoms with Crippen molar-refractivity contribution in [1.29, 1.82) is 0 Å². The topological polar surface area (TPSA) is 46.9 Å². The second-order valence-corrected chi connectivity index (χ2v) is 7.93. The Bertz CT molecular complexity index is 765. The maximum Gasteiger partial charge on any atom is 0.269 e. The molecule has 0 spiro atoms. The van der Waals surface area contributed by atoms with Crippen LogP contribution in [0.2, 0.25) is 0 Å². The van der Waals surface area contributed by atoms with E-state index >= 15 is 0 Å². The molecule has 1 amide bonds. The summed E-state index contributed by atoms with van der Waals surface area (Å²) in [4.78, 5) is 12.9. The van der Waals surface area contributed by atoms with Crippen molar-refractivity contribution in [2.45, 2.75) is 51.0 Å². The summed E-state index contributed by atoms with van der Waals surface area (Å²) in [5.41, 5.74) is 3.00. The van der Waals surface area contributed by atoms with E-state index in [0.29, 0.717) is 23.4 Å². The number of carbonyl (C=O) groups excluding carboxylic acids is 1. The number of benzene rings is 1. The van der Waals surface area contributed by atoms with Gasteiger partial charge in [-0.15, -0.1) is 0 Å². The average Bonchev–Trinajstić information content (AvgIpc) is 3.18. The first-order chi connectivity index (χ1) is 12.1. The molecule has 2 fully saturated rings. The van der Waals surface area contributed by atoms with E-state index in [0.717, 1.165) is 11.6 Å². The summed E-state index contributed by atoms with van der Waals surface area (Å²) < 4.78 is 1.72. The number of rotatable bonds is 4. The predicted octanol–water partition coefficient (Wildman–Crippen LogP) is 3.86. The van der Waals surface area contributed by atoms with Gasteiger partial charge in [0.1, 0.15) is 5.69 Å². The highest BCUT2D eigenvalue weighted by Crippen LogP contribution is 2.55. The third-order valence-electron chi connectivity index (χ3n) is 6.14. The number of aryl methyl sites for hydroxylation is 1. The largest absolute Gasteiger partial charge is 0.347 e. The summed E-state index contributed by atoms with van der Waals surface area (Å²) in [6.07, 6.45) is 3.82. The molecule has 4 nitrogen and oxygen atoms in total. The van der Waals surface area contributed by atoms with Gasteiger partial charge in [0.25, 0.3) is 5.91 Å². The third-order valence-corrected chi connectivity index (χ3v) is 6.14. The van der Waals surface area contributed by atoms with Crippen LogP contribution in [0.15, 0.2) is 36.4 Å². The molecule has 2 aliphatic carbocycles. The van der Waals surface area contributed by atoms with E-state index in [4.69, 9.17) is 0 Å². The fraction of sp³-hybridized carbons (Fsp3) is 0.524. The minimum absolute atomic E-state index is 0.0122. The summed E-state index contributed by atoms with van der Waals surface area (Å²) in [5, 5.41) is 7.83. The van der Waals surface area contributed by atoms with Gasteiger partial charge in [-0.1, -0.05) is 50.6 Å². The van der Waals surface area contributed by atoms with Crippen LogP contribution in [-0.2, 0) is 7.05 Å². The monoisotopic (exact) mass is 337 g/mol. The molecule has 2 aromatic rings. The van der Waals surface area contributed by atoms with Gasteiger partial charge in [0.05, 0.1) is 5.69 Å². The van der Waals surface area contributed by atoms with Gasteiger partial charge in [-0.25, -0.2) is 0 Å². The summed E-state index contributed by atoms with van der Waals surface area (Å²) >= 11 is 0. The standard InChI is InChI=1S/C21H27N3O/c1-13(2)17-12-18(24(3)23-17)21(25)22-20-16-11-7-10-15(16)19(20)14-8-5-4-6-9-14/h4-6,8-9,12-13,15-16,19-20H,7,10-11H2,1-3H3,(H,22,25)/t15-,16+,19+,20+/m0/s1. The zero-order valence-electron chi connectivity index (χ0n) is 15.3. The Morgan fingerprint density at radius 2 is 1.92 bits per heavy atom. The lowest BCUT2D eigenvalue weighted by atomic mass is 9.60. The molecule has 25 heavy (non-hydrogen) atoms. The molecule has 1 N–H and O–H groups in total. The normalized spacial score (nSPS) is 27.8. The molecule has 4 heteroatoms. The quantitative estimate of drug-likeness (QED) is 0.921. The van der Waals surface area contributed by atoms with Crippen molar-refractivity contribution in [3.05, 3.63) is 53.3 Å². The molecular weight excluding hydrogens is 310 g/mol. The van der Waals surface area contributed by atoms with E-state index in [1.54, 1.807) is 4.68 Å². The molecule has 0 saturated heterocycles. The van der Waals surface area contributed by atoms with Crippen molar-refractivity contribution in [3.63, 3.8) is 0 Å². The van der Waals surface area contributed by atoms with E-state index < -0.39 is 0 Å². The zero-order chi connectivity index (χ0) is 17.6. The van der Waals surface area contributed by atoms with Gasteiger partial charge in [0.2, 0.25) is 0 Å². The van der Waals surface area contributed by atoms with E-state index in [1.807, 2.05) is 13.1 Å². The van der Waals surface area contributed by atoms with Gasteiger partial charge in [0, 0.05) is 19.0 Å². The highest BCUT2D eigenvalue weighted by Gasteiger charge is 2.53. The summed E-state index contributed by atoms with van der Waals surface area (Å²) in [6.45, 7) is 4.20. The van der Waals surface area contributed by atoms with Crippen molar-refractivity contribution < 1.29 is 4.79 Å². The first-order valence-corrected chi connectivity index (χ1v) is 9.46. The Balaban J connectivity index is 1.55. The highest BCUT2D eigenvalue weighted by molar-refractivity contribution is 5.93. The average molecular weight is 337 g/mol. The molecule has 4 atom stereocenters. The SMILES string of the molecule is CC(C)c1cc(C(=O)N[C@@H]2[C@@H]3CCC[C@@H]3[C@H]2c2ccccc2)n(C)n1. The van der Waals surface area contributed by atoms with Crippen LogP contribution < -0.4 is 5.32 Å². The van der Waals surface area contributed by atoms with Crippen LogP contribution in [0.4, 0.5) is 0 Å². The Morgan fingerprint density at radius 1 is 1.20 bits per heavy atom. The lowest BCUT2D eigenvalue weighted by Gasteiger charge is -2.49. The minimum atomic E-state index is 0.0122. The van der Waals surface area contributed by atoms with Crippen LogP contribution in [0.5, 0.6) is 0 Å². The lowest BCUT2D eigenvalue weighted by Crippen LogP contribution is -2.56. The Kier molecular flexibility index (Phi) is 4.14. The molecule has 2 aliphatic rings. The van der Waals surface area contributed by atoms with E-state index in [-0.39, 0.29) is 11.9 Å². The van der Waals surface area contributed by atoms with Crippen molar-refractivity contribution in [2.75, 3.05) is 0 Å². The number of hydrogen-bond donors (Lipinski definition) is 1. The Labute approximate surface area is 149 Å². The first kappa shape index (κ1) is 16.4. The second-order valence-electron chi connectivity index (χ2n) is 7.93. The fourth-order valence-corrected chi connectivity index (χ4v) is 4.83. The molecule has 0 unspecified atom stereocenters. The Hall–Kier alpha value is -2.10. The number of fused-ring (bicyclic) bond motifs is 1. The van der Waals surface area contributed by atoms with Gasteiger partial charge in [-0.3, -0.25) is 9.48 Å². The van der Waals surface area contributed by atoms with Gasteiger partial charge >= 0.3 is 0 Å². The minimum Gasteiger partial charge on any atom is -0.347 e. The molecule has 1 aromatic heterocycles. The van der Waals surface area contributed by atoms with E-state index in [1.165, 1.54) is 24.8 Å². The maximum atomic E-state index is 12.9. The summed E-state index contributed by atoms with van der Waals surface area (Å²) in [6, 6.07) is 12.9. The van der Waals surface area contributed by atoms with Crippen molar-refractivity contribution in [2.24, 2.45) is 18.9 Å². The maximum absolute atomic E-state index is 12.9. The third kappa shape index (κ3) is 2.78. The molecule has 0 bridgehead atoms. The van der Waals surface area contributed by atoms with E-state index in [2.05, 4.69) is 54.6 Å². The number of carbonyl (C=O) groups is 1. The first-order valence-electron chi connectivity index (χ1n) is 9.46. The summed E-state index contributed by atoms with van der Waals surface area (Å²) in [7, 11) is 1.86. The number of aromatic nitrogens is 2. The van der Waals surface area contributed by atoms with Crippen molar-refractivity contribution >= 4 is 5.91 Å². The molecule has 0 radical (unpaired) electrons. The number of nitrogens with one attached hydrogen (secondary N) is 1. The molecule has 1 aromatic carbocycles. The Morgan fingerprint density at radius 3 is 2.60 bits per heavy atom. The lowest BCUT2D eigenvalue weighted by molar-refractivity contribution is 0.0684. The number of nitrogens with zero attached hydrogens (tertiary/aromatic N) is 2. The van der Waals surface area contributed by atoms with Crippen LogP contribution in [0.25, 0.3) is 0 Å². The summed E-state index contributed by atoms with van der Waals surface area (Å²) in [5.74, 6) is 2.15. The molecule has 132 valence electrons. The molecule has 1 heterocycles. The zero-order valence-corrected chi connectivity index (χ0v) is 15.3. The fourth-order valence-electron chi connectivity index (χ4n) is 4.83. The second kappa shape index (κ2) is 6.32. The van der Waals surface area contributed by atoms with Crippen LogP contribution in [0, 0.1) is 11.8 Å². The van der Waals surface area contributed by atoms with Crippen molar-refractivity contribution in [3.8, 4) is 0 Å². The van der Waals surface area contributed by atoms with Crippen LogP contribution >= 0.6 is 0 Å². The van der Waals surface area contributed by atoms with Crippen LogP contribution in [0.1, 0.15) is 66.7 Å². The van der Waals surface area contributed by atoms with Crippen LogP contribution in [0.3, 0.4) is 0 Å². The molecular formula is C21H27N3O. The van der Waals surface area contributed by atoms with Gasteiger partial charge in [-0.2, -0.15) is 5.10 Å². The molecule has 2 saturated carbocycles. The van der Waals surface area contributed by atoms with Gasteiger partial charge in [-0.05, 0) is 42.2 Å².